The lowest BCUT2D eigenvalue weighted by molar-refractivity contribution is -0.168. The van der Waals surface area contributed by atoms with Crippen molar-refractivity contribution in [3.05, 3.63) is 41.7 Å². The highest BCUT2D eigenvalue weighted by Crippen LogP contribution is 2.33. The summed E-state index contributed by atoms with van der Waals surface area (Å²) in [6.07, 6.45) is 6.10. The quantitative estimate of drug-likeness (QED) is 0.624. The second kappa shape index (κ2) is 9.74. The Labute approximate surface area is 194 Å². The molecule has 3 heterocycles. The third-order valence-corrected chi connectivity index (χ3v) is 6.87. The molecular formula is C23H29N3O6S. The Balaban J connectivity index is 1.71. The van der Waals surface area contributed by atoms with E-state index in [9.17, 15) is 13.2 Å². The van der Waals surface area contributed by atoms with E-state index in [4.69, 9.17) is 14.2 Å². The van der Waals surface area contributed by atoms with E-state index in [1.165, 1.54) is 6.20 Å². The fraction of sp³-hybridized carbons (Fsp3) is 0.522. The Morgan fingerprint density at radius 2 is 1.73 bits per heavy atom. The van der Waals surface area contributed by atoms with Crippen molar-refractivity contribution < 1.29 is 27.4 Å². The number of rotatable bonds is 3. The molecule has 0 unspecified atom stereocenters. The van der Waals surface area contributed by atoms with Gasteiger partial charge in [0.25, 0.3) is 0 Å². The smallest absolute Gasteiger partial charge is 0.246 e. The van der Waals surface area contributed by atoms with Gasteiger partial charge in [0.05, 0.1) is 32.6 Å². The van der Waals surface area contributed by atoms with Gasteiger partial charge in [-0.05, 0) is 43.5 Å². The number of nitrogens with zero attached hydrogens (tertiary/aromatic N) is 3. The molecular weight excluding hydrogens is 446 g/mol. The van der Waals surface area contributed by atoms with E-state index >= 15 is 0 Å². The minimum Gasteiger partial charge on any atom is -0.497 e. The van der Waals surface area contributed by atoms with E-state index in [1.807, 2.05) is 12.1 Å². The lowest BCUT2D eigenvalue weighted by Crippen LogP contribution is -2.34. The molecule has 0 aliphatic carbocycles. The van der Waals surface area contributed by atoms with Crippen LogP contribution in [0.3, 0.4) is 0 Å². The van der Waals surface area contributed by atoms with Crippen LogP contribution in [-0.2, 0) is 37.1 Å². The van der Waals surface area contributed by atoms with Crippen LogP contribution in [0.2, 0.25) is 0 Å². The molecule has 9 nitrogen and oxygen atoms in total. The topological polar surface area (TPSA) is 108 Å². The van der Waals surface area contributed by atoms with E-state index < -0.39 is 15.6 Å². The van der Waals surface area contributed by atoms with Gasteiger partial charge >= 0.3 is 0 Å². The Kier molecular flexibility index (Phi) is 6.96. The van der Waals surface area contributed by atoms with Crippen molar-refractivity contribution in [3.63, 3.8) is 0 Å². The van der Waals surface area contributed by atoms with Crippen molar-refractivity contribution >= 4 is 21.4 Å². The molecule has 2 aliphatic heterocycles. The molecule has 0 atom stereocenters. The molecule has 0 N–H and O–H groups in total. The van der Waals surface area contributed by atoms with Gasteiger partial charge in [-0.3, -0.25) is 4.79 Å². The minimum atomic E-state index is -3.56. The third-order valence-electron chi connectivity index (χ3n) is 6.01. The first kappa shape index (κ1) is 23.6. The highest BCUT2D eigenvalue weighted by molar-refractivity contribution is 7.90. The normalized spacial score (nSPS) is 19.6. The molecule has 1 saturated heterocycles. The van der Waals surface area contributed by atoms with Gasteiger partial charge in [0.15, 0.2) is 5.79 Å². The van der Waals surface area contributed by atoms with E-state index in [1.54, 1.807) is 24.1 Å². The summed E-state index contributed by atoms with van der Waals surface area (Å²) in [5, 5.41) is -0.209. The summed E-state index contributed by atoms with van der Waals surface area (Å²) < 4.78 is 41.2. The highest BCUT2D eigenvalue weighted by Gasteiger charge is 2.36. The van der Waals surface area contributed by atoms with Gasteiger partial charge < -0.3 is 19.1 Å². The number of sulfone groups is 1. The summed E-state index contributed by atoms with van der Waals surface area (Å²) >= 11 is 0. The maximum Gasteiger partial charge on any atom is 0.246 e. The Hall–Kier alpha value is -2.56. The van der Waals surface area contributed by atoms with E-state index in [-0.39, 0.29) is 17.6 Å². The molecule has 1 fully saturated rings. The van der Waals surface area contributed by atoms with E-state index in [2.05, 4.69) is 9.97 Å². The van der Waals surface area contributed by atoms with Gasteiger partial charge in [-0.2, -0.15) is 0 Å². The molecule has 0 bridgehead atoms. The second-order valence-corrected chi connectivity index (χ2v) is 10.3. The van der Waals surface area contributed by atoms with Crippen molar-refractivity contribution in [2.75, 3.05) is 31.5 Å². The van der Waals surface area contributed by atoms with Crippen LogP contribution in [-0.4, -0.2) is 56.7 Å². The maximum atomic E-state index is 13.3. The first-order valence-corrected chi connectivity index (χ1v) is 13.0. The average molecular weight is 476 g/mol. The fourth-order valence-electron chi connectivity index (χ4n) is 4.29. The molecule has 0 saturated carbocycles. The molecule has 33 heavy (non-hydrogen) atoms. The lowest BCUT2D eigenvalue weighted by Gasteiger charge is -2.29. The predicted octanol–water partition coefficient (Wildman–Crippen LogP) is 2.67. The number of methoxy groups -OCH3 is 1. The molecule has 10 heteroatoms. The Bertz CT molecular complexity index is 1100. The van der Waals surface area contributed by atoms with Gasteiger partial charge in [-0.15, -0.1) is 0 Å². The summed E-state index contributed by atoms with van der Waals surface area (Å²) in [6, 6.07) is 7.27. The molecule has 4 rings (SSSR count). The zero-order valence-corrected chi connectivity index (χ0v) is 19.8. The fourth-order valence-corrected chi connectivity index (χ4v) is 4.81. The summed E-state index contributed by atoms with van der Waals surface area (Å²) in [7, 11) is -1.97. The summed E-state index contributed by atoms with van der Waals surface area (Å²) in [4.78, 5) is 23.4. The lowest BCUT2D eigenvalue weighted by atomic mass is 9.98. The van der Waals surface area contributed by atoms with Crippen LogP contribution in [0.1, 0.15) is 43.4 Å². The number of carbonyl (C=O) groups excluding carboxylic acids is 1. The van der Waals surface area contributed by atoms with Gasteiger partial charge in [-0.25, -0.2) is 18.4 Å². The molecule has 2 aromatic rings. The number of fused-ring (bicyclic) bond motifs is 1. The number of benzene rings is 1. The summed E-state index contributed by atoms with van der Waals surface area (Å²) in [5.41, 5.74) is 2.05. The molecule has 1 spiro atoms. The van der Waals surface area contributed by atoms with E-state index in [0.717, 1.165) is 17.5 Å². The maximum absolute atomic E-state index is 13.3. The molecule has 1 aromatic carbocycles. The van der Waals surface area contributed by atoms with Crippen LogP contribution in [0.25, 0.3) is 0 Å². The first-order valence-electron chi connectivity index (χ1n) is 11.1. The van der Waals surface area contributed by atoms with E-state index in [0.29, 0.717) is 63.2 Å². The Morgan fingerprint density at radius 1 is 1.06 bits per heavy atom. The van der Waals surface area contributed by atoms with Gasteiger partial charge in [0, 0.05) is 43.0 Å². The van der Waals surface area contributed by atoms with Crippen molar-refractivity contribution in [1.29, 1.82) is 0 Å². The van der Waals surface area contributed by atoms with Gasteiger partial charge in [0.2, 0.25) is 20.9 Å². The number of hydrogen-bond donors (Lipinski definition) is 0. The second-order valence-electron chi connectivity index (χ2n) is 8.39. The molecule has 1 amide bonds. The number of hydrogen-bond acceptors (Lipinski definition) is 8. The van der Waals surface area contributed by atoms with Crippen LogP contribution in [0.15, 0.2) is 35.6 Å². The van der Waals surface area contributed by atoms with Gasteiger partial charge in [0.1, 0.15) is 5.75 Å². The predicted molar refractivity (Wildman–Crippen MR) is 121 cm³/mol. The van der Waals surface area contributed by atoms with Crippen LogP contribution >= 0.6 is 0 Å². The molecule has 1 aromatic heterocycles. The zero-order valence-electron chi connectivity index (χ0n) is 19.0. The van der Waals surface area contributed by atoms with Crippen molar-refractivity contribution in [3.8, 4) is 5.75 Å². The monoisotopic (exact) mass is 475 g/mol. The average Bonchev–Trinajstić information content (AvgIpc) is 3.25. The van der Waals surface area contributed by atoms with Crippen LogP contribution in [0.5, 0.6) is 5.75 Å². The molecule has 0 radical (unpaired) electrons. The van der Waals surface area contributed by atoms with Crippen LogP contribution in [0, 0.1) is 0 Å². The van der Waals surface area contributed by atoms with Crippen molar-refractivity contribution in [2.24, 2.45) is 0 Å². The highest BCUT2D eigenvalue weighted by atomic mass is 32.2. The number of aryl methyl sites for hydroxylation is 1. The molecule has 178 valence electrons. The summed E-state index contributed by atoms with van der Waals surface area (Å²) in [6.45, 7) is 1.31. The molecule has 2 aliphatic rings. The summed E-state index contributed by atoms with van der Waals surface area (Å²) in [5.74, 6) is -0.0522. The SMILES string of the molecule is COc1ccc(N2Cc3cnc(S(C)(=O)=O)nc3CCCC3(CCCC2=O)OCCO3)cc1. The third kappa shape index (κ3) is 5.51. The number of anilines is 1. The van der Waals surface area contributed by atoms with Crippen molar-refractivity contribution in [2.45, 2.75) is 56.0 Å². The minimum absolute atomic E-state index is 0.0490. The number of amides is 1. The largest absolute Gasteiger partial charge is 0.497 e. The number of aromatic nitrogens is 2. The Morgan fingerprint density at radius 3 is 2.36 bits per heavy atom. The van der Waals surface area contributed by atoms with Crippen LogP contribution < -0.4 is 9.64 Å². The standard InChI is InChI=1S/C23H29N3O6S/c1-30-19-9-7-18(8-10-19)26-16-17-15-24-22(33(2,28)29)25-20(17)5-3-11-23(31-13-14-32-23)12-4-6-21(26)27/h7-10,15H,3-6,11-14,16H2,1-2H3. The number of carbonyl (C=O) groups is 1. The zero-order chi connectivity index (χ0) is 23.5. The number of ether oxygens (including phenoxy) is 3. The first-order chi connectivity index (χ1) is 15.8. The van der Waals surface area contributed by atoms with Crippen molar-refractivity contribution in [1.82, 2.24) is 9.97 Å². The van der Waals surface area contributed by atoms with Gasteiger partial charge in [-0.1, -0.05) is 0 Å². The van der Waals surface area contributed by atoms with Crippen LogP contribution in [0.4, 0.5) is 5.69 Å².